The van der Waals surface area contributed by atoms with E-state index < -0.39 is 29.8 Å². The highest BCUT2D eigenvalue weighted by Gasteiger charge is 2.30. The van der Waals surface area contributed by atoms with E-state index in [0.717, 1.165) is 43.4 Å². The van der Waals surface area contributed by atoms with Crippen LogP contribution in [0.25, 0.3) is 10.9 Å². The molecule has 0 saturated carbocycles. The lowest BCUT2D eigenvalue weighted by molar-refractivity contribution is -0.137. The standard InChI is InChI=1S/C34H38ClF3N4O3/c1-3-9-26(10-4-2)42-21-40-31-27(17-25(35)18-28(31)33(42)45)32(44)41-29(16-22-11-6-5-7-12-22)30(43)20-39-19-23-13-8-14-24(15-23)34(36,37)38/h5-8,11-15,17-18,21,26,29-30,39,43H,3-4,9-10,16,19-20H2,1-2H3,(H,41,44). The second-order valence-corrected chi connectivity index (χ2v) is 11.6. The summed E-state index contributed by atoms with van der Waals surface area (Å²) in [6.07, 6.45) is -0.381. The van der Waals surface area contributed by atoms with Gasteiger partial charge >= 0.3 is 6.18 Å². The van der Waals surface area contributed by atoms with Crippen molar-refractivity contribution in [2.45, 2.75) is 76.9 Å². The van der Waals surface area contributed by atoms with Crippen molar-refractivity contribution in [1.29, 1.82) is 0 Å². The fraction of sp³-hybridized carbons (Fsp3) is 0.382. The Morgan fingerprint density at radius 3 is 2.36 bits per heavy atom. The zero-order chi connectivity index (χ0) is 32.6. The van der Waals surface area contributed by atoms with Crippen molar-refractivity contribution in [1.82, 2.24) is 20.2 Å². The average Bonchev–Trinajstić information content (AvgIpc) is 3.01. The molecular formula is C34H38ClF3N4O3. The summed E-state index contributed by atoms with van der Waals surface area (Å²) < 4.78 is 41.0. The number of hydrogen-bond donors (Lipinski definition) is 3. The molecule has 0 radical (unpaired) electrons. The Bertz CT molecular complexity index is 1640. The molecule has 1 amide bonds. The Morgan fingerprint density at radius 1 is 1.00 bits per heavy atom. The fourth-order valence-electron chi connectivity index (χ4n) is 5.50. The van der Waals surface area contributed by atoms with E-state index in [1.54, 1.807) is 10.6 Å². The summed E-state index contributed by atoms with van der Waals surface area (Å²) >= 11 is 6.40. The van der Waals surface area contributed by atoms with Gasteiger partial charge in [0.05, 0.1) is 40.5 Å². The number of alkyl halides is 3. The second-order valence-electron chi connectivity index (χ2n) is 11.2. The summed E-state index contributed by atoms with van der Waals surface area (Å²) in [5.41, 5.74) is 0.546. The van der Waals surface area contributed by atoms with E-state index in [0.29, 0.717) is 5.56 Å². The second kappa shape index (κ2) is 15.5. The van der Waals surface area contributed by atoms with Gasteiger partial charge in [-0.3, -0.25) is 14.2 Å². The van der Waals surface area contributed by atoms with E-state index >= 15 is 0 Å². The first-order valence-electron chi connectivity index (χ1n) is 15.1. The summed E-state index contributed by atoms with van der Waals surface area (Å²) in [7, 11) is 0. The van der Waals surface area contributed by atoms with Crippen LogP contribution in [0.3, 0.4) is 0 Å². The molecule has 45 heavy (non-hydrogen) atoms. The molecule has 240 valence electrons. The molecule has 0 aliphatic rings. The van der Waals surface area contributed by atoms with Gasteiger partial charge in [0.25, 0.3) is 11.5 Å². The molecule has 2 atom stereocenters. The van der Waals surface area contributed by atoms with Crippen LogP contribution in [-0.2, 0) is 19.1 Å². The maximum absolute atomic E-state index is 13.7. The van der Waals surface area contributed by atoms with Crippen molar-refractivity contribution < 1.29 is 23.1 Å². The number of carbonyl (C=O) groups is 1. The predicted octanol–water partition coefficient (Wildman–Crippen LogP) is 6.70. The highest BCUT2D eigenvalue weighted by Crippen LogP contribution is 2.29. The zero-order valence-corrected chi connectivity index (χ0v) is 26.0. The third-order valence-electron chi connectivity index (χ3n) is 7.75. The van der Waals surface area contributed by atoms with E-state index in [-0.39, 0.29) is 52.6 Å². The number of fused-ring (bicyclic) bond motifs is 1. The van der Waals surface area contributed by atoms with Gasteiger partial charge in [0.1, 0.15) is 0 Å². The van der Waals surface area contributed by atoms with Crippen LogP contribution in [0, 0.1) is 0 Å². The summed E-state index contributed by atoms with van der Waals surface area (Å²) in [6.45, 7) is 4.19. The number of nitrogens with one attached hydrogen (secondary N) is 2. The molecule has 4 aromatic rings. The zero-order valence-electron chi connectivity index (χ0n) is 25.3. The molecule has 3 aromatic carbocycles. The van der Waals surface area contributed by atoms with Crippen LogP contribution < -0.4 is 16.2 Å². The highest BCUT2D eigenvalue weighted by atomic mass is 35.5. The lowest BCUT2D eigenvalue weighted by Gasteiger charge is -2.25. The summed E-state index contributed by atoms with van der Waals surface area (Å²) in [5.74, 6) is -0.566. The van der Waals surface area contributed by atoms with Crippen LogP contribution in [0.4, 0.5) is 13.2 Å². The highest BCUT2D eigenvalue weighted by molar-refractivity contribution is 6.32. The Balaban J connectivity index is 1.57. The van der Waals surface area contributed by atoms with Crippen molar-refractivity contribution in [3.63, 3.8) is 0 Å². The normalized spacial score (nSPS) is 13.2. The first-order chi connectivity index (χ1) is 21.5. The third-order valence-corrected chi connectivity index (χ3v) is 7.97. The number of aliphatic hydroxyl groups is 1. The lowest BCUT2D eigenvalue weighted by Crippen LogP contribution is -2.48. The van der Waals surface area contributed by atoms with Gasteiger partial charge in [-0.05, 0) is 48.6 Å². The molecule has 4 rings (SSSR count). The Hall–Kier alpha value is -3.73. The lowest BCUT2D eigenvalue weighted by atomic mass is 10.00. The quantitative estimate of drug-likeness (QED) is 0.142. The summed E-state index contributed by atoms with van der Waals surface area (Å²) in [5, 5.41) is 17.5. The van der Waals surface area contributed by atoms with Gasteiger partial charge in [-0.2, -0.15) is 13.2 Å². The van der Waals surface area contributed by atoms with Crippen LogP contribution in [0.1, 0.15) is 72.6 Å². The van der Waals surface area contributed by atoms with Gasteiger partial charge in [0.2, 0.25) is 0 Å². The van der Waals surface area contributed by atoms with Gasteiger partial charge in [-0.1, -0.05) is 86.8 Å². The van der Waals surface area contributed by atoms with E-state index in [9.17, 15) is 27.9 Å². The first kappa shape index (κ1) is 34.1. The van der Waals surface area contributed by atoms with E-state index in [2.05, 4.69) is 29.5 Å². The van der Waals surface area contributed by atoms with Crippen LogP contribution >= 0.6 is 11.6 Å². The van der Waals surface area contributed by atoms with Crippen molar-refractivity contribution in [2.75, 3.05) is 6.54 Å². The molecule has 7 nitrogen and oxygen atoms in total. The number of hydrogen-bond acceptors (Lipinski definition) is 5. The molecule has 0 aliphatic carbocycles. The van der Waals surface area contributed by atoms with E-state index in [4.69, 9.17) is 11.6 Å². The first-order valence-corrected chi connectivity index (χ1v) is 15.5. The smallest absolute Gasteiger partial charge is 0.390 e. The Kier molecular flexibility index (Phi) is 11.8. The van der Waals surface area contributed by atoms with Crippen molar-refractivity contribution in [3.05, 3.63) is 111 Å². The average molecular weight is 643 g/mol. The van der Waals surface area contributed by atoms with Crippen LogP contribution in [0.5, 0.6) is 0 Å². The molecule has 0 fully saturated rings. The number of amides is 1. The van der Waals surface area contributed by atoms with Crippen molar-refractivity contribution in [2.24, 2.45) is 0 Å². The van der Waals surface area contributed by atoms with E-state index in [1.807, 2.05) is 30.3 Å². The Labute approximate surface area is 265 Å². The number of halogens is 4. The maximum atomic E-state index is 13.7. The maximum Gasteiger partial charge on any atom is 0.416 e. The monoisotopic (exact) mass is 642 g/mol. The SMILES string of the molecule is CCCC(CCC)n1cnc2c(C(=O)NC(Cc3ccccc3)C(O)CNCc3cccc(C(F)(F)F)c3)cc(Cl)cc2c1=O. The predicted molar refractivity (Wildman–Crippen MR) is 170 cm³/mol. The van der Waals surface area contributed by atoms with Gasteiger partial charge in [0.15, 0.2) is 0 Å². The number of benzene rings is 3. The van der Waals surface area contributed by atoms with E-state index in [1.165, 1.54) is 24.5 Å². The van der Waals surface area contributed by atoms with Crippen molar-refractivity contribution in [3.8, 4) is 0 Å². The van der Waals surface area contributed by atoms with Gasteiger partial charge < -0.3 is 15.7 Å². The number of aliphatic hydroxyl groups excluding tert-OH is 1. The number of carbonyl (C=O) groups excluding carboxylic acids is 1. The fourth-order valence-corrected chi connectivity index (χ4v) is 5.71. The van der Waals surface area contributed by atoms with Crippen LogP contribution in [0.2, 0.25) is 5.02 Å². The molecule has 0 aliphatic heterocycles. The minimum atomic E-state index is -4.46. The largest absolute Gasteiger partial charge is 0.416 e. The molecule has 0 saturated heterocycles. The molecule has 3 N–H and O–H groups in total. The minimum absolute atomic E-state index is 0.0104. The number of aromatic nitrogens is 2. The van der Waals surface area contributed by atoms with Gasteiger partial charge in [-0.25, -0.2) is 4.98 Å². The van der Waals surface area contributed by atoms with Crippen molar-refractivity contribution >= 4 is 28.4 Å². The molecular weight excluding hydrogens is 605 g/mol. The number of nitrogens with zero attached hydrogens (tertiary/aromatic N) is 2. The van der Waals surface area contributed by atoms with Crippen LogP contribution in [0.15, 0.2) is 77.9 Å². The molecule has 11 heteroatoms. The van der Waals surface area contributed by atoms with Crippen LogP contribution in [-0.4, -0.2) is 39.3 Å². The molecule has 0 bridgehead atoms. The topological polar surface area (TPSA) is 96.2 Å². The minimum Gasteiger partial charge on any atom is -0.390 e. The summed E-state index contributed by atoms with van der Waals surface area (Å²) in [4.78, 5) is 31.8. The molecule has 1 heterocycles. The molecule has 0 spiro atoms. The molecule has 2 unspecified atom stereocenters. The van der Waals surface area contributed by atoms with Gasteiger partial charge in [0, 0.05) is 24.2 Å². The van der Waals surface area contributed by atoms with Gasteiger partial charge in [-0.15, -0.1) is 0 Å². The molecule has 1 aromatic heterocycles. The summed E-state index contributed by atoms with van der Waals surface area (Å²) in [6, 6.07) is 16.4. The third kappa shape index (κ3) is 8.93. The Morgan fingerprint density at radius 2 is 1.69 bits per heavy atom. The number of rotatable bonds is 14.